The Kier molecular flexibility index (Phi) is 6.72. The highest BCUT2D eigenvalue weighted by Crippen LogP contribution is 2.24. The van der Waals surface area contributed by atoms with Crippen LogP contribution in [0.4, 0.5) is 11.4 Å². The molecule has 0 fully saturated rings. The number of carbonyl (C=O) groups excluding carboxylic acids is 3. The Balaban J connectivity index is 1.63. The topological polar surface area (TPSA) is 92.2 Å². The van der Waals surface area contributed by atoms with Crippen LogP contribution >= 0.6 is 27.5 Å². The molecular weight excluding hydrogens is 520 g/mol. The molecule has 3 aromatic carbocycles. The van der Waals surface area contributed by atoms with E-state index >= 15 is 0 Å². The summed E-state index contributed by atoms with van der Waals surface area (Å²) in [5.41, 5.74) is 6.32. The number of halogens is 2. The van der Waals surface area contributed by atoms with Crippen molar-refractivity contribution in [3.05, 3.63) is 93.0 Å². The van der Waals surface area contributed by atoms with E-state index in [0.29, 0.717) is 27.3 Å². The Hall–Kier alpha value is -3.62. The maximum atomic E-state index is 13.2. The molecular formula is C25H20BrClN4O3. The van der Waals surface area contributed by atoms with Crippen LogP contribution < -0.4 is 16.1 Å². The van der Waals surface area contributed by atoms with Crippen LogP contribution in [0.1, 0.15) is 21.6 Å². The Labute approximate surface area is 209 Å². The molecule has 0 saturated heterocycles. The van der Waals surface area contributed by atoms with Gasteiger partial charge >= 0.3 is 11.8 Å². The first-order valence-electron chi connectivity index (χ1n) is 10.3. The van der Waals surface area contributed by atoms with E-state index in [0.717, 1.165) is 15.6 Å². The largest absolute Gasteiger partial charge is 0.328 e. The van der Waals surface area contributed by atoms with Crippen molar-refractivity contribution < 1.29 is 14.4 Å². The molecule has 4 aromatic rings. The molecule has 1 aromatic heterocycles. The third-order valence-corrected chi connectivity index (χ3v) is 5.74. The summed E-state index contributed by atoms with van der Waals surface area (Å²) < 4.78 is 2.12. The van der Waals surface area contributed by atoms with Gasteiger partial charge in [0, 0.05) is 26.3 Å². The molecule has 9 heteroatoms. The second-order valence-corrected chi connectivity index (χ2v) is 9.15. The lowest BCUT2D eigenvalue weighted by molar-refractivity contribution is -0.133. The van der Waals surface area contributed by atoms with E-state index in [1.54, 1.807) is 42.5 Å². The number of nitrogens with zero attached hydrogens (tertiary/aromatic N) is 1. The zero-order valence-corrected chi connectivity index (χ0v) is 20.6. The molecule has 3 N–H and O–H groups in total. The summed E-state index contributed by atoms with van der Waals surface area (Å²) in [5, 5.41) is 6.59. The SMILES string of the molecule is Cc1cc(C)cc(NC(=O)c2cc3cc(Br)ccc3n2NC(=O)C(=O)Nc2ccc(Cl)cc2)c1. The van der Waals surface area contributed by atoms with Crippen LogP contribution in [0.15, 0.2) is 71.2 Å². The molecule has 1 heterocycles. The third-order valence-electron chi connectivity index (χ3n) is 5.00. The number of fused-ring (bicyclic) bond motifs is 1. The predicted molar refractivity (Wildman–Crippen MR) is 138 cm³/mol. The van der Waals surface area contributed by atoms with Gasteiger partial charge in [-0.1, -0.05) is 33.6 Å². The van der Waals surface area contributed by atoms with Gasteiger partial charge < -0.3 is 10.6 Å². The van der Waals surface area contributed by atoms with Gasteiger partial charge in [0.2, 0.25) is 0 Å². The van der Waals surface area contributed by atoms with Gasteiger partial charge in [0.05, 0.1) is 5.52 Å². The number of hydrogen-bond donors (Lipinski definition) is 3. The van der Waals surface area contributed by atoms with Crippen molar-refractivity contribution >= 4 is 67.5 Å². The monoisotopic (exact) mass is 538 g/mol. The molecule has 3 amide bonds. The van der Waals surface area contributed by atoms with Crippen molar-refractivity contribution in [2.75, 3.05) is 16.1 Å². The van der Waals surface area contributed by atoms with Gasteiger partial charge in [0.25, 0.3) is 5.91 Å². The number of nitrogens with one attached hydrogen (secondary N) is 3. The molecule has 0 aliphatic carbocycles. The molecule has 0 aliphatic rings. The number of benzene rings is 3. The van der Waals surface area contributed by atoms with Crippen LogP contribution in [0.3, 0.4) is 0 Å². The number of aromatic nitrogens is 1. The lowest BCUT2D eigenvalue weighted by atomic mass is 10.1. The number of anilines is 2. The van der Waals surface area contributed by atoms with Crippen LogP contribution in [-0.2, 0) is 9.59 Å². The lowest BCUT2D eigenvalue weighted by Gasteiger charge is -2.13. The van der Waals surface area contributed by atoms with Crippen molar-refractivity contribution in [1.82, 2.24) is 4.68 Å². The number of aryl methyl sites for hydroxylation is 2. The maximum Gasteiger partial charge on any atom is 0.328 e. The Morgan fingerprint density at radius 2 is 1.47 bits per heavy atom. The van der Waals surface area contributed by atoms with Crippen LogP contribution in [0.2, 0.25) is 5.02 Å². The average molecular weight is 540 g/mol. The van der Waals surface area contributed by atoms with Crippen molar-refractivity contribution in [2.24, 2.45) is 0 Å². The standard InChI is InChI=1S/C25H20BrClN4O3/c1-14-9-15(2)11-20(10-14)29-23(32)22-13-16-12-17(26)3-8-21(16)31(22)30-25(34)24(33)28-19-6-4-18(27)5-7-19/h3-13H,1-2H3,(H,28,33)(H,29,32)(H,30,34). The van der Waals surface area contributed by atoms with Crippen LogP contribution in [-0.4, -0.2) is 22.4 Å². The molecule has 0 unspecified atom stereocenters. The van der Waals surface area contributed by atoms with Gasteiger partial charge in [-0.25, -0.2) is 4.68 Å². The molecule has 34 heavy (non-hydrogen) atoms. The van der Waals surface area contributed by atoms with Gasteiger partial charge in [-0.15, -0.1) is 0 Å². The Morgan fingerprint density at radius 1 is 0.794 bits per heavy atom. The normalized spacial score (nSPS) is 10.7. The van der Waals surface area contributed by atoms with Gasteiger partial charge in [-0.3, -0.25) is 19.8 Å². The van der Waals surface area contributed by atoms with E-state index in [1.165, 1.54) is 4.68 Å². The fraction of sp³-hybridized carbons (Fsp3) is 0.0800. The molecule has 7 nitrogen and oxygen atoms in total. The van der Waals surface area contributed by atoms with E-state index in [2.05, 4.69) is 32.0 Å². The average Bonchev–Trinajstić information content (AvgIpc) is 3.12. The Bertz CT molecular complexity index is 1410. The molecule has 4 rings (SSSR count). The summed E-state index contributed by atoms with van der Waals surface area (Å²) in [6.45, 7) is 3.88. The summed E-state index contributed by atoms with van der Waals surface area (Å²) in [5.74, 6) is -2.26. The first-order chi connectivity index (χ1) is 16.2. The number of carbonyl (C=O) groups is 3. The minimum absolute atomic E-state index is 0.167. The van der Waals surface area contributed by atoms with Gasteiger partial charge in [0.15, 0.2) is 0 Å². The fourth-order valence-electron chi connectivity index (χ4n) is 3.59. The molecule has 172 valence electrons. The summed E-state index contributed by atoms with van der Waals surface area (Å²) in [6.07, 6.45) is 0. The predicted octanol–water partition coefficient (Wildman–Crippen LogP) is 5.64. The number of amides is 3. The molecule has 0 saturated carbocycles. The highest BCUT2D eigenvalue weighted by atomic mass is 79.9. The first-order valence-corrected chi connectivity index (χ1v) is 11.5. The quantitative estimate of drug-likeness (QED) is 0.293. The first kappa shape index (κ1) is 23.5. The molecule has 0 spiro atoms. The highest BCUT2D eigenvalue weighted by Gasteiger charge is 2.21. The van der Waals surface area contributed by atoms with E-state index in [1.807, 2.05) is 38.1 Å². The summed E-state index contributed by atoms with van der Waals surface area (Å²) in [4.78, 5) is 38.4. The third kappa shape index (κ3) is 5.30. The second kappa shape index (κ2) is 9.70. The van der Waals surface area contributed by atoms with Crippen molar-refractivity contribution in [1.29, 1.82) is 0 Å². The Morgan fingerprint density at radius 3 is 2.15 bits per heavy atom. The summed E-state index contributed by atoms with van der Waals surface area (Å²) in [7, 11) is 0. The van der Waals surface area contributed by atoms with Crippen LogP contribution in [0.5, 0.6) is 0 Å². The lowest BCUT2D eigenvalue weighted by Crippen LogP contribution is -2.36. The van der Waals surface area contributed by atoms with Crippen molar-refractivity contribution in [3.8, 4) is 0 Å². The van der Waals surface area contributed by atoms with Gasteiger partial charge in [0.1, 0.15) is 5.69 Å². The number of rotatable bonds is 4. The summed E-state index contributed by atoms with van der Waals surface area (Å²) >= 11 is 9.28. The molecule has 0 atom stereocenters. The number of hydrogen-bond acceptors (Lipinski definition) is 3. The second-order valence-electron chi connectivity index (χ2n) is 7.80. The van der Waals surface area contributed by atoms with E-state index in [4.69, 9.17) is 11.6 Å². The van der Waals surface area contributed by atoms with Crippen molar-refractivity contribution in [2.45, 2.75) is 13.8 Å². The minimum atomic E-state index is -0.934. The van der Waals surface area contributed by atoms with Crippen LogP contribution in [0.25, 0.3) is 10.9 Å². The maximum absolute atomic E-state index is 13.2. The highest BCUT2D eigenvalue weighted by molar-refractivity contribution is 9.10. The van der Waals surface area contributed by atoms with Gasteiger partial charge in [-0.2, -0.15) is 0 Å². The van der Waals surface area contributed by atoms with Crippen LogP contribution in [0, 0.1) is 13.8 Å². The zero-order chi connectivity index (χ0) is 24.4. The molecule has 0 aliphatic heterocycles. The smallest absolute Gasteiger partial charge is 0.321 e. The van der Waals surface area contributed by atoms with Gasteiger partial charge in [-0.05, 0) is 85.6 Å². The fourth-order valence-corrected chi connectivity index (χ4v) is 4.09. The molecule has 0 bridgehead atoms. The molecule has 0 radical (unpaired) electrons. The van der Waals surface area contributed by atoms with E-state index in [-0.39, 0.29) is 5.69 Å². The minimum Gasteiger partial charge on any atom is -0.321 e. The summed E-state index contributed by atoms with van der Waals surface area (Å²) in [6, 6.07) is 19.1. The van der Waals surface area contributed by atoms with Crippen molar-refractivity contribution in [3.63, 3.8) is 0 Å². The van der Waals surface area contributed by atoms with E-state index < -0.39 is 17.7 Å². The zero-order valence-electron chi connectivity index (χ0n) is 18.3. The van der Waals surface area contributed by atoms with E-state index in [9.17, 15) is 14.4 Å².